The van der Waals surface area contributed by atoms with Gasteiger partial charge in [0.15, 0.2) is 0 Å². The molecule has 4 rings (SSSR count). The summed E-state index contributed by atoms with van der Waals surface area (Å²) in [7, 11) is -2.97. The van der Waals surface area contributed by atoms with Gasteiger partial charge in [-0.2, -0.15) is 0 Å². The minimum Gasteiger partial charge on any atom is -0.372 e. The minimum absolute atomic E-state index is 0.152. The maximum Gasteiger partial charge on any atom is 0.147 e. The zero-order valence-electron chi connectivity index (χ0n) is 13.7. The van der Waals surface area contributed by atoms with Crippen molar-refractivity contribution in [3.05, 3.63) is 35.3 Å². The zero-order chi connectivity index (χ0) is 16.9. The molecule has 0 fully saturated rings. The largest absolute Gasteiger partial charge is 0.372 e. The molecule has 6 nitrogen and oxygen atoms in total. The van der Waals surface area contributed by atoms with E-state index in [0.717, 1.165) is 45.4 Å². The maximum absolute atomic E-state index is 11.4. The molecule has 0 saturated heterocycles. The number of nitrogens with zero attached hydrogens (tertiary/aromatic N) is 3. The fraction of sp³-hybridized carbons (Fsp3) is 0.412. The Morgan fingerprint density at radius 1 is 1.29 bits per heavy atom. The highest BCUT2D eigenvalue weighted by Gasteiger charge is 2.18. The van der Waals surface area contributed by atoms with Gasteiger partial charge >= 0.3 is 0 Å². The molecule has 0 spiro atoms. The molecule has 3 heterocycles. The molecule has 1 aliphatic heterocycles. The van der Waals surface area contributed by atoms with Gasteiger partial charge in [-0.3, -0.25) is 4.98 Å². The Morgan fingerprint density at radius 3 is 2.92 bits per heavy atom. The van der Waals surface area contributed by atoms with Gasteiger partial charge in [0.25, 0.3) is 0 Å². The van der Waals surface area contributed by atoms with E-state index in [-0.39, 0.29) is 5.75 Å². The van der Waals surface area contributed by atoms with Crippen LogP contribution in [-0.2, 0) is 34.1 Å². The van der Waals surface area contributed by atoms with Crippen LogP contribution in [-0.4, -0.2) is 41.6 Å². The summed E-state index contributed by atoms with van der Waals surface area (Å²) in [5, 5.41) is 1.09. The molecule has 0 aliphatic carbocycles. The molecule has 126 valence electrons. The summed E-state index contributed by atoms with van der Waals surface area (Å²) >= 11 is 0. The summed E-state index contributed by atoms with van der Waals surface area (Å²) in [6, 6.07) is 4.06. The van der Waals surface area contributed by atoms with Crippen molar-refractivity contribution in [2.75, 3.05) is 18.6 Å². The summed E-state index contributed by atoms with van der Waals surface area (Å²) in [6.07, 6.45) is 3.57. The Balaban J connectivity index is 1.89. The molecule has 3 aromatic rings. The highest BCUT2D eigenvalue weighted by molar-refractivity contribution is 7.90. The smallest absolute Gasteiger partial charge is 0.147 e. The molecule has 0 saturated carbocycles. The second-order valence-corrected chi connectivity index (χ2v) is 8.67. The second-order valence-electron chi connectivity index (χ2n) is 6.41. The van der Waals surface area contributed by atoms with E-state index in [0.29, 0.717) is 19.6 Å². The average molecular weight is 345 g/mol. The number of hydrogen-bond donors (Lipinski definition) is 0. The number of sulfone groups is 1. The van der Waals surface area contributed by atoms with Crippen LogP contribution < -0.4 is 0 Å². The van der Waals surface area contributed by atoms with E-state index >= 15 is 0 Å². The van der Waals surface area contributed by atoms with Crippen molar-refractivity contribution in [1.29, 1.82) is 0 Å². The molecule has 0 N–H and O–H groups in total. The van der Waals surface area contributed by atoms with Gasteiger partial charge in [-0.05, 0) is 30.5 Å². The number of aryl methyl sites for hydroxylation is 2. The Hall–Kier alpha value is -1.99. The highest BCUT2D eigenvalue weighted by Crippen LogP contribution is 2.30. The van der Waals surface area contributed by atoms with Gasteiger partial charge in [-0.25, -0.2) is 13.4 Å². The lowest BCUT2D eigenvalue weighted by Gasteiger charge is -2.16. The molecule has 24 heavy (non-hydrogen) atoms. The van der Waals surface area contributed by atoms with Crippen LogP contribution in [0.25, 0.3) is 21.9 Å². The second kappa shape index (κ2) is 5.53. The fourth-order valence-corrected chi connectivity index (χ4v) is 3.98. The normalized spacial score (nSPS) is 15.1. The maximum atomic E-state index is 11.4. The van der Waals surface area contributed by atoms with Crippen molar-refractivity contribution >= 4 is 31.8 Å². The highest BCUT2D eigenvalue weighted by atomic mass is 32.2. The predicted molar refractivity (Wildman–Crippen MR) is 92.8 cm³/mol. The number of fused-ring (bicyclic) bond motifs is 5. The number of ether oxygens (including phenoxy) is 1. The van der Waals surface area contributed by atoms with Crippen molar-refractivity contribution in [3.63, 3.8) is 0 Å². The van der Waals surface area contributed by atoms with Gasteiger partial charge in [-0.1, -0.05) is 6.07 Å². The number of rotatable bonds is 3. The summed E-state index contributed by atoms with van der Waals surface area (Å²) in [4.78, 5) is 9.18. The van der Waals surface area contributed by atoms with Crippen molar-refractivity contribution < 1.29 is 13.2 Å². The first-order valence-corrected chi connectivity index (χ1v) is 10.0. The molecule has 0 unspecified atom stereocenters. The lowest BCUT2D eigenvalue weighted by molar-refractivity contribution is 0.0831. The van der Waals surface area contributed by atoms with E-state index in [1.54, 1.807) is 6.20 Å². The Bertz CT molecular complexity index is 1050. The molecule has 7 heteroatoms. The average Bonchev–Trinajstić information content (AvgIpc) is 2.90. The number of imidazole rings is 1. The third-order valence-electron chi connectivity index (χ3n) is 4.46. The summed E-state index contributed by atoms with van der Waals surface area (Å²) in [5.41, 5.74) is 4.97. The SMILES string of the molecule is Cc1cc(CCS(C)(=O)=O)cc2ncc3nc4n(c3c12)CCOC4. The Kier molecular flexibility index (Phi) is 3.58. The molecule has 1 aromatic carbocycles. The molecule has 0 bridgehead atoms. The van der Waals surface area contributed by atoms with Crippen LogP contribution in [0.15, 0.2) is 18.3 Å². The number of hydrogen-bond acceptors (Lipinski definition) is 5. The van der Waals surface area contributed by atoms with Gasteiger partial charge in [0.1, 0.15) is 27.8 Å². The Morgan fingerprint density at radius 2 is 2.12 bits per heavy atom. The number of aromatic nitrogens is 3. The molecule has 1 aliphatic rings. The van der Waals surface area contributed by atoms with E-state index in [1.807, 2.05) is 13.0 Å². The molecule has 0 radical (unpaired) electrons. The third-order valence-corrected chi connectivity index (χ3v) is 5.41. The topological polar surface area (TPSA) is 74.1 Å². The fourth-order valence-electron chi connectivity index (χ4n) is 3.37. The first-order chi connectivity index (χ1) is 11.4. The molecular formula is C17H19N3O3S. The van der Waals surface area contributed by atoms with Crippen molar-refractivity contribution in [2.24, 2.45) is 0 Å². The lowest BCUT2D eigenvalue weighted by atomic mass is 10.0. The van der Waals surface area contributed by atoms with Gasteiger partial charge in [-0.15, -0.1) is 0 Å². The van der Waals surface area contributed by atoms with Crippen molar-refractivity contribution in [2.45, 2.75) is 26.5 Å². The number of benzene rings is 1. The van der Waals surface area contributed by atoms with Crippen LogP contribution >= 0.6 is 0 Å². The van der Waals surface area contributed by atoms with E-state index < -0.39 is 9.84 Å². The lowest BCUT2D eigenvalue weighted by Crippen LogP contribution is -2.16. The molecule has 2 aromatic heterocycles. The van der Waals surface area contributed by atoms with Gasteiger partial charge in [0.2, 0.25) is 0 Å². The first kappa shape index (κ1) is 15.5. The van der Waals surface area contributed by atoms with Crippen LogP contribution in [0.2, 0.25) is 0 Å². The Labute approximate surface area is 140 Å². The van der Waals surface area contributed by atoms with Gasteiger partial charge in [0, 0.05) is 18.2 Å². The monoisotopic (exact) mass is 345 g/mol. The quantitative estimate of drug-likeness (QED) is 0.726. The van der Waals surface area contributed by atoms with Crippen LogP contribution in [0.5, 0.6) is 0 Å². The minimum atomic E-state index is -2.97. The van der Waals surface area contributed by atoms with Crippen LogP contribution in [0.1, 0.15) is 17.0 Å². The predicted octanol–water partition coefficient (Wildman–Crippen LogP) is 2.01. The van der Waals surface area contributed by atoms with E-state index in [9.17, 15) is 8.42 Å². The first-order valence-electron chi connectivity index (χ1n) is 7.95. The third kappa shape index (κ3) is 2.67. The van der Waals surface area contributed by atoms with E-state index in [2.05, 4.69) is 20.6 Å². The summed E-state index contributed by atoms with van der Waals surface area (Å²) in [5.74, 6) is 1.09. The van der Waals surface area contributed by atoms with Crippen LogP contribution in [0, 0.1) is 6.92 Å². The van der Waals surface area contributed by atoms with E-state index in [1.165, 1.54) is 6.26 Å². The standard InChI is InChI=1S/C17H19N3O3S/c1-11-7-12(3-6-24(2,21)22)8-13-16(11)17-14(9-18-13)19-15-10-23-5-4-20(15)17/h7-9H,3-6,10H2,1-2H3. The summed E-state index contributed by atoms with van der Waals surface area (Å²) < 4.78 is 30.5. The van der Waals surface area contributed by atoms with E-state index in [4.69, 9.17) is 4.74 Å². The van der Waals surface area contributed by atoms with Crippen LogP contribution in [0.4, 0.5) is 0 Å². The molecule has 0 amide bonds. The van der Waals surface area contributed by atoms with Crippen molar-refractivity contribution in [3.8, 4) is 0 Å². The van der Waals surface area contributed by atoms with Crippen molar-refractivity contribution in [1.82, 2.24) is 14.5 Å². The van der Waals surface area contributed by atoms with Gasteiger partial charge < -0.3 is 9.30 Å². The number of pyridine rings is 1. The summed E-state index contributed by atoms with van der Waals surface area (Å²) in [6.45, 7) is 4.06. The molecular weight excluding hydrogens is 326 g/mol. The molecule has 0 atom stereocenters. The zero-order valence-corrected chi connectivity index (χ0v) is 14.6. The van der Waals surface area contributed by atoms with Crippen LogP contribution in [0.3, 0.4) is 0 Å². The van der Waals surface area contributed by atoms with Gasteiger partial charge in [0.05, 0.1) is 29.6 Å².